The maximum absolute atomic E-state index is 12.2. The number of sulfonamides is 1. The molecule has 3 N–H and O–H groups in total. The minimum atomic E-state index is -3.31. The second kappa shape index (κ2) is 5.13. The molecule has 0 bridgehead atoms. The Morgan fingerprint density at radius 2 is 2.16 bits per heavy atom. The first kappa shape index (κ1) is 14.3. The molecule has 1 aromatic carbocycles. The number of nitrogens with one attached hydrogen (secondary N) is 1. The van der Waals surface area contributed by atoms with Crippen molar-refractivity contribution in [3.05, 3.63) is 29.8 Å². The van der Waals surface area contributed by atoms with E-state index in [1.54, 1.807) is 24.3 Å². The molecule has 0 saturated heterocycles. The maximum atomic E-state index is 12.2. The Bertz CT molecular complexity index is 552. The summed E-state index contributed by atoms with van der Waals surface area (Å²) >= 11 is 0. The van der Waals surface area contributed by atoms with Crippen LogP contribution in [0.4, 0.5) is 5.69 Å². The Kier molecular flexibility index (Phi) is 3.87. The standard InChI is InChI=1S/C14H22N2O2S/c1-14(2)8-4-7-13(14)16-19(17,18)10-11-5-3-6-12(15)9-11/h3,5-6,9,13,16H,4,7-8,10,15H2,1-2H3. The molecule has 1 atom stereocenters. The monoisotopic (exact) mass is 282 g/mol. The van der Waals surface area contributed by atoms with Crippen LogP contribution in [-0.2, 0) is 15.8 Å². The third-order valence-electron chi connectivity index (χ3n) is 3.89. The molecule has 1 aliphatic carbocycles. The predicted molar refractivity (Wildman–Crippen MR) is 78.0 cm³/mol. The van der Waals surface area contributed by atoms with Gasteiger partial charge in [0.05, 0.1) is 5.75 Å². The summed E-state index contributed by atoms with van der Waals surface area (Å²) in [4.78, 5) is 0. The summed E-state index contributed by atoms with van der Waals surface area (Å²) in [5.41, 5.74) is 7.03. The Hall–Kier alpha value is -1.07. The molecule has 0 aliphatic heterocycles. The van der Waals surface area contributed by atoms with Crippen LogP contribution in [-0.4, -0.2) is 14.5 Å². The van der Waals surface area contributed by atoms with Gasteiger partial charge in [0.1, 0.15) is 0 Å². The third-order valence-corrected chi connectivity index (χ3v) is 5.24. The van der Waals surface area contributed by atoms with Crippen molar-refractivity contribution in [1.29, 1.82) is 0 Å². The molecule has 2 rings (SSSR count). The molecule has 1 aromatic rings. The second-order valence-electron chi connectivity index (χ2n) is 6.06. The lowest BCUT2D eigenvalue weighted by molar-refractivity contribution is 0.313. The quantitative estimate of drug-likeness (QED) is 0.832. The van der Waals surface area contributed by atoms with E-state index in [4.69, 9.17) is 5.73 Å². The number of nitrogen functional groups attached to an aromatic ring is 1. The van der Waals surface area contributed by atoms with Crippen LogP contribution in [0, 0.1) is 5.41 Å². The van der Waals surface area contributed by atoms with Crippen molar-refractivity contribution >= 4 is 15.7 Å². The van der Waals surface area contributed by atoms with E-state index in [0.717, 1.165) is 24.8 Å². The molecule has 19 heavy (non-hydrogen) atoms. The maximum Gasteiger partial charge on any atom is 0.216 e. The molecule has 0 aromatic heterocycles. The zero-order valence-electron chi connectivity index (χ0n) is 11.5. The Morgan fingerprint density at radius 1 is 1.42 bits per heavy atom. The minimum Gasteiger partial charge on any atom is -0.399 e. The van der Waals surface area contributed by atoms with E-state index in [9.17, 15) is 8.42 Å². The Labute approximate surface area is 115 Å². The van der Waals surface area contributed by atoms with Crippen LogP contribution in [0.3, 0.4) is 0 Å². The van der Waals surface area contributed by atoms with Crippen molar-refractivity contribution in [2.24, 2.45) is 5.41 Å². The molecule has 1 fully saturated rings. The van der Waals surface area contributed by atoms with E-state index in [1.807, 2.05) is 0 Å². The number of anilines is 1. The summed E-state index contributed by atoms with van der Waals surface area (Å²) < 4.78 is 27.3. The molecule has 1 unspecified atom stereocenters. The Balaban J connectivity index is 2.07. The number of rotatable bonds is 4. The lowest BCUT2D eigenvalue weighted by atomic mass is 9.88. The van der Waals surface area contributed by atoms with Gasteiger partial charge in [-0.3, -0.25) is 0 Å². The normalized spacial score (nSPS) is 22.5. The van der Waals surface area contributed by atoms with Gasteiger partial charge in [0.15, 0.2) is 0 Å². The first-order chi connectivity index (χ1) is 8.78. The van der Waals surface area contributed by atoms with Gasteiger partial charge < -0.3 is 5.73 Å². The molecule has 5 heteroatoms. The molecule has 0 heterocycles. The van der Waals surface area contributed by atoms with Gasteiger partial charge in [-0.1, -0.05) is 32.4 Å². The number of nitrogens with two attached hydrogens (primary N) is 1. The van der Waals surface area contributed by atoms with Crippen molar-refractivity contribution < 1.29 is 8.42 Å². The van der Waals surface area contributed by atoms with Gasteiger partial charge in [0.2, 0.25) is 10.0 Å². The van der Waals surface area contributed by atoms with Crippen LogP contribution in [0.2, 0.25) is 0 Å². The summed E-state index contributed by atoms with van der Waals surface area (Å²) in [5, 5.41) is 0. The van der Waals surface area contributed by atoms with Crippen molar-refractivity contribution in [2.75, 3.05) is 5.73 Å². The molecule has 0 spiro atoms. The van der Waals surface area contributed by atoms with Crippen LogP contribution in [0.15, 0.2) is 24.3 Å². The topological polar surface area (TPSA) is 72.2 Å². The second-order valence-corrected chi connectivity index (χ2v) is 7.81. The fourth-order valence-electron chi connectivity index (χ4n) is 2.71. The van der Waals surface area contributed by atoms with E-state index in [1.165, 1.54) is 0 Å². The zero-order chi connectivity index (χ0) is 14.1. The SMILES string of the molecule is CC1(C)CCCC1NS(=O)(=O)Cc1cccc(N)c1. The molecular formula is C14H22N2O2S. The molecule has 0 amide bonds. The van der Waals surface area contributed by atoms with Crippen LogP contribution < -0.4 is 10.5 Å². The number of benzene rings is 1. The van der Waals surface area contributed by atoms with Gasteiger partial charge >= 0.3 is 0 Å². The highest BCUT2D eigenvalue weighted by molar-refractivity contribution is 7.88. The third kappa shape index (κ3) is 3.70. The summed E-state index contributed by atoms with van der Waals surface area (Å²) in [6.07, 6.45) is 3.07. The fraction of sp³-hybridized carbons (Fsp3) is 0.571. The molecule has 1 saturated carbocycles. The van der Waals surface area contributed by atoms with Crippen LogP contribution in [0.25, 0.3) is 0 Å². The number of hydrogen-bond donors (Lipinski definition) is 2. The molecule has 0 radical (unpaired) electrons. The predicted octanol–water partition coefficient (Wildman–Crippen LogP) is 2.27. The van der Waals surface area contributed by atoms with Gasteiger partial charge in [0.25, 0.3) is 0 Å². The largest absolute Gasteiger partial charge is 0.399 e. The summed E-state index contributed by atoms with van der Waals surface area (Å²) in [7, 11) is -3.31. The summed E-state index contributed by atoms with van der Waals surface area (Å²) in [6.45, 7) is 4.24. The van der Waals surface area contributed by atoms with Crippen LogP contribution in [0.1, 0.15) is 38.7 Å². The molecule has 1 aliphatic rings. The lowest BCUT2D eigenvalue weighted by Gasteiger charge is -2.27. The Morgan fingerprint density at radius 3 is 2.74 bits per heavy atom. The van der Waals surface area contributed by atoms with Gasteiger partial charge in [0, 0.05) is 11.7 Å². The van der Waals surface area contributed by atoms with E-state index >= 15 is 0 Å². The minimum absolute atomic E-state index is 0.00931. The smallest absolute Gasteiger partial charge is 0.216 e. The van der Waals surface area contributed by atoms with Gasteiger partial charge in [-0.2, -0.15) is 0 Å². The van der Waals surface area contributed by atoms with E-state index in [2.05, 4.69) is 18.6 Å². The van der Waals surface area contributed by atoms with Gasteiger partial charge in [-0.05, 0) is 36.0 Å². The van der Waals surface area contributed by atoms with Gasteiger partial charge in [-0.15, -0.1) is 0 Å². The van der Waals surface area contributed by atoms with E-state index in [0.29, 0.717) is 5.69 Å². The first-order valence-electron chi connectivity index (χ1n) is 6.63. The van der Waals surface area contributed by atoms with Gasteiger partial charge in [-0.25, -0.2) is 13.1 Å². The average Bonchev–Trinajstić information content (AvgIpc) is 2.56. The van der Waals surface area contributed by atoms with Crippen LogP contribution in [0.5, 0.6) is 0 Å². The van der Waals surface area contributed by atoms with Crippen molar-refractivity contribution in [3.8, 4) is 0 Å². The highest BCUT2D eigenvalue weighted by Gasteiger charge is 2.36. The van der Waals surface area contributed by atoms with Crippen molar-refractivity contribution in [2.45, 2.75) is 44.9 Å². The molecule has 4 nitrogen and oxygen atoms in total. The van der Waals surface area contributed by atoms with Crippen LogP contribution >= 0.6 is 0 Å². The average molecular weight is 282 g/mol. The highest BCUT2D eigenvalue weighted by Crippen LogP contribution is 2.37. The zero-order valence-corrected chi connectivity index (χ0v) is 12.3. The fourth-order valence-corrected chi connectivity index (χ4v) is 4.28. The van der Waals surface area contributed by atoms with Crippen molar-refractivity contribution in [1.82, 2.24) is 4.72 Å². The lowest BCUT2D eigenvalue weighted by Crippen LogP contribution is -2.41. The van der Waals surface area contributed by atoms with E-state index in [-0.39, 0.29) is 17.2 Å². The first-order valence-corrected chi connectivity index (χ1v) is 8.28. The molecule has 106 valence electrons. The highest BCUT2D eigenvalue weighted by atomic mass is 32.2. The van der Waals surface area contributed by atoms with E-state index < -0.39 is 10.0 Å². The summed E-state index contributed by atoms with van der Waals surface area (Å²) in [6, 6.07) is 7.07. The van der Waals surface area contributed by atoms with Crippen molar-refractivity contribution in [3.63, 3.8) is 0 Å². The summed E-state index contributed by atoms with van der Waals surface area (Å²) in [5.74, 6) is -0.00931. The number of hydrogen-bond acceptors (Lipinski definition) is 3. The molecular weight excluding hydrogens is 260 g/mol.